The van der Waals surface area contributed by atoms with Gasteiger partial charge in [-0.15, -0.1) is 0 Å². The second kappa shape index (κ2) is 8.00. The molecule has 4 aromatic rings. The molecule has 1 aliphatic rings. The third kappa shape index (κ3) is 4.04. The van der Waals surface area contributed by atoms with E-state index in [9.17, 15) is 0 Å². The number of hydrogen-bond acceptors (Lipinski definition) is 7. The lowest BCUT2D eigenvalue weighted by atomic mass is 10.2. The molecule has 8 nitrogen and oxygen atoms in total. The zero-order valence-electron chi connectivity index (χ0n) is 16.7. The molecule has 0 radical (unpaired) electrons. The van der Waals surface area contributed by atoms with E-state index >= 15 is 0 Å². The van der Waals surface area contributed by atoms with Gasteiger partial charge in [-0.1, -0.05) is 0 Å². The molecule has 30 heavy (non-hydrogen) atoms. The Labute approximate surface area is 174 Å². The molecule has 152 valence electrons. The van der Waals surface area contributed by atoms with E-state index in [0.29, 0.717) is 5.95 Å². The lowest BCUT2D eigenvalue weighted by molar-refractivity contribution is 0.122. The molecule has 0 aliphatic carbocycles. The summed E-state index contributed by atoms with van der Waals surface area (Å²) < 4.78 is 5.43. The fraction of sp³-hybridized carbons (Fsp3) is 0.227. The Kier molecular flexibility index (Phi) is 4.90. The lowest BCUT2D eigenvalue weighted by Crippen LogP contribution is -2.36. The van der Waals surface area contributed by atoms with Crippen LogP contribution in [0.4, 0.5) is 28.8 Å². The van der Waals surface area contributed by atoms with E-state index in [1.165, 1.54) is 5.69 Å². The van der Waals surface area contributed by atoms with E-state index in [-0.39, 0.29) is 0 Å². The number of rotatable bonds is 5. The second-order valence-electron chi connectivity index (χ2n) is 7.29. The van der Waals surface area contributed by atoms with Gasteiger partial charge in [-0.3, -0.25) is 5.10 Å². The predicted molar refractivity (Wildman–Crippen MR) is 119 cm³/mol. The molecule has 8 heteroatoms. The van der Waals surface area contributed by atoms with Crippen molar-refractivity contribution in [2.24, 2.45) is 0 Å². The summed E-state index contributed by atoms with van der Waals surface area (Å²) in [6.45, 7) is 5.38. The Bertz CT molecular complexity index is 1150. The number of nitrogens with one attached hydrogen (secondary N) is 3. The van der Waals surface area contributed by atoms with Gasteiger partial charge >= 0.3 is 0 Å². The Balaban J connectivity index is 1.31. The molecule has 3 N–H and O–H groups in total. The van der Waals surface area contributed by atoms with Crippen LogP contribution < -0.4 is 15.5 Å². The maximum atomic E-state index is 5.43. The zero-order valence-corrected chi connectivity index (χ0v) is 16.7. The van der Waals surface area contributed by atoms with Gasteiger partial charge in [0.25, 0.3) is 0 Å². The summed E-state index contributed by atoms with van der Waals surface area (Å²) in [7, 11) is 0. The molecule has 2 aromatic carbocycles. The quantitative estimate of drug-likeness (QED) is 0.466. The number of nitrogens with zero attached hydrogens (tertiary/aromatic N) is 4. The molecular weight excluding hydrogens is 378 g/mol. The molecule has 3 heterocycles. The first-order valence-corrected chi connectivity index (χ1v) is 9.99. The van der Waals surface area contributed by atoms with Crippen molar-refractivity contribution in [3.8, 4) is 0 Å². The van der Waals surface area contributed by atoms with Gasteiger partial charge in [0.15, 0.2) is 0 Å². The average Bonchev–Trinajstić information content (AvgIpc) is 3.22. The maximum absolute atomic E-state index is 5.43. The number of aromatic amines is 1. The van der Waals surface area contributed by atoms with Crippen LogP contribution in [-0.2, 0) is 4.74 Å². The second-order valence-corrected chi connectivity index (χ2v) is 7.29. The van der Waals surface area contributed by atoms with Crippen LogP contribution in [0.1, 0.15) is 5.69 Å². The minimum Gasteiger partial charge on any atom is -0.378 e. The Morgan fingerprint density at radius 2 is 1.73 bits per heavy atom. The minimum atomic E-state index is 0.547. The fourth-order valence-corrected chi connectivity index (χ4v) is 3.56. The highest BCUT2D eigenvalue weighted by Gasteiger charge is 2.11. The number of H-pyrrole nitrogens is 1. The molecule has 1 aliphatic heterocycles. The topological polar surface area (TPSA) is 91.0 Å². The van der Waals surface area contributed by atoms with E-state index in [0.717, 1.165) is 60.1 Å². The maximum Gasteiger partial charge on any atom is 0.229 e. The molecule has 1 fully saturated rings. The van der Waals surface area contributed by atoms with Crippen LogP contribution in [0, 0.1) is 6.92 Å². The van der Waals surface area contributed by atoms with E-state index < -0.39 is 0 Å². The van der Waals surface area contributed by atoms with Gasteiger partial charge in [-0.2, -0.15) is 10.1 Å². The predicted octanol–water partition coefficient (Wildman–Crippen LogP) is 3.99. The van der Waals surface area contributed by atoms with Crippen molar-refractivity contribution in [1.82, 2.24) is 20.2 Å². The van der Waals surface area contributed by atoms with Crippen molar-refractivity contribution in [2.45, 2.75) is 6.92 Å². The highest BCUT2D eigenvalue weighted by molar-refractivity contribution is 5.82. The van der Waals surface area contributed by atoms with Gasteiger partial charge in [-0.05, 0) is 49.4 Å². The van der Waals surface area contributed by atoms with Crippen molar-refractivity contribution >= 4 is 39.7 Å². The van der Waals surface area contributed by atoms with Gasteiger partial charge in [0, 0.05) is 47.3 Å². The van der Waals surface area contributed by atoms with Crippen LogP contribution in [0.5, 0.6) is 0 Å². The number of fused-ring (bicyclic) bond motifs is 1. The summed E-state index contributed by atoms with van der Waals surface area (Å²) in [5.74, 6) is 1.29. The highest BCUT2D eigenvalue weighted by Crippen LogP contribution is 2.24. The number of aromatic nitrogens is 4. The van der Waals surface area contributed by atoms with Crippen LogP contribution in [0.15, 0.2) is 54.7 Å². The first-order valence-electron chi connectivity index (χ1n) is 9.99. The van der Waals surface area contributed by atoms with Crippen molar-refractivity contribution in [3.63, 3.8) is 0 Å². The summed E-state index contributed by atoms with van der Waals surface area (Å²) in [6.07, 6.45) is 1.80. The largest absolute Gasteiger partial charge is 0.378 e. The number of anilines is 5. The van der Waals surface area contributed by atoms with Crippen LogP contribution in [-0.4, -0.2) is 46.5 Å². The molecular formula is C22H23N7O. The summed E-state index contributed by atoms with van der Waals surface area (Å²) >= 11 is 0. The van der Waals surface area contributed by atoms with Gasteiger partial charge in [0.05, 0.1) is 24.9 Å². The molecule has 0 amide bonds. The molecule has 0 saturated carbocycles. The molecule has 1 saturated heterocycles. The Morgan fingerprint density at radius 1 is 0.933 bits per heavy atom. The number of benzene rings is 2. The number of morpholine rings is 1. The van der Waals surface area contributed by atoms with Gasteiger partial charge in [0.2, 0.25) is 5.95 Å². The number of ether oxygens (including phenoxy) is 1. The normalized spacial score (nSPS) is 14.1. The van der Waals surface area contributed by atoms with Crippen molar-refractivity contribution in [2.75, 3.05) is 41.8 Å². The van der Waals surface area contributed by atoms with Crippen molar-refractivity contribution in [1.29, 1.82) is 0 Å². The molecule has 5 rings (SSSR count). The standard InChI is InChI=1S/C22H23N7O/c1-15-12-21(25-17-2-5-19(6-3-17)29-8-10-30-11-9-29)27-22(24-15)26-18-4-7-20-16(13-18)14-23-28-20/h2-7,12-14H,8-11H2,1H3,(H,23,28)(H2,24,25,26,27). The molecule has 0 unspecified atom stereocenters. The highest BCUT2D eigenvalue weighted by atomic mass is 16.5. The fourth-order valence-electron chi connectivity index (χ4n) is 3.56. The SMILES string of the molecule is Cc1cc(Nc2ccc(N3CCOCC3)cc2)nc(Nc2ccc3[nH]ncc3c2)n1. The molecule has 2 aromatic heterocycles. The summed E-state index contributed by atoms with van der Waals surface area (Å²) in [5, 5.41) is 14.7. The van der Waals surface area contributed by atoms with E-state index in [4.69, 9.17) is 4.74 Å². The molecule has 0 bridgehead atoms. The van der Waals surface area contributed by atoms with Crippen LogP contribution in [0.3, 0.4) is 0 Å². The molecule has 0 atom stereocenters. The van der Waals surface area contributed by atoms with Crippen LogP contribution >= 0.6 is 0 Å². The Morgan fingerprint density at radius 3 is 2.57 bits per heavy atom. The first kappa shape index (κ1) is 18.4. The lowest BCUT2D eigenvalue weighted by Gasteiger charge is -2.28. The molecule has 0 spiro atoms. The van der Waals surface area contributed by atoms with E-state index in [1.807, 2.05) is 31.2 Å². The van der Waals surface area contributed by atoms with Crippen molar-refractivity contribution in [3.05, 3.63) is 60.4 Å². The van der Waals surface area contributed by atoms with Crippen LogP contribution in [0.25, 0.3) is 10.9 Å². The van der Waals surface area contributed by atoms with Crippen molar-refractivity contribution < 1.29 is 4.74 Å². The Hall–Kier alpha value is -3.65. The zero-order chi connectivity index (χ0) is 20.3. The summed E-state index contributed by atoms with van der Waals surface area (Å²) in [4.78, 5) is 11.5. The summed E-state index contributed by atoms with van der Waals surface area (Å²) in [5.41, 5.74) is 4.98. The van der Waals surface area contributed by atoms with E-state index in [1.54, 1.807) is 6.20 Å². The average molecular weight is 401 g/mol. The van der Waals surface area contributed by atoms with Gasteiger partial charge in [-0.25, -0.2) is 4.98 Å². The third-order valence-corrected chi connectivity index (χ3v) is 5.07. The first-order chi connectivity index (χ1) is 14.7. The van der Waals surface area contributed by atoms with Crippen LogP contribution in [0.2, 0.25) is 0 Å². The monoisotopic (exact) mass is 401 g/mol. The van der Waals surface area contributed by atoms with E-state index in [2.05, 4.69) is 60.0 Å². The van der Waals surface area contributed by atoms with Gasteiger partial charge in [0.1, 0.15) is 5.82 Å². The number of aryl methyl sites for hydroxylation is 1. The van der Waals surface area contributed by atoms with Gasteiger partial charge < -0.3 is 20.3 Å². The number of hydrogen-bond donors (Lipinski definition) is 3. The minimum absolute atomic E-state index is 0.547. The smallest absolute Gasteiger partial charge is 0.229 e. The summed E-state index contributed by atoms with van der Waals surface area (Å²) in [6, 6.07) is 16.3. The third-order valence-electron chi connectivity index (χ3n) is 5.07.